The van der Waals surface area contributed by atoms with Crippen molar-refractivity contribution in [2.45, 2.75) is 25.3 Å². The van der Waals surface area contributed by atoms with E-state index >= 15 is 0 Å². The number of benzene rings is 1. The molecule has 3 N–H and O–H groups in total. The second-order valence-electron chi connectivity index (χ2n) is 4.44. The van der Waals surface area contributed by atoms with Crippen LogP contribution in [0.15, 0.2) is 18.2 Å². The lowest BCUT2D eigenvalue weighted by Crippen LogP contribution is -2.18. The van der Waals surface area contributed by atoms with Gasteiger partial charge in [-0.1, -0.05) is 6.07 Å². The molecule has 1 saturated carbocycles. The van der Waals surface area contributed by atoms with Gasteiger partial charge in [0, 0.05) is 5.54 Å². The summed E-state index contributed by atoms with van der Waals surface area (Å²) in [5.74, 6) is -0.401. The summed E-state index contributed by atoms with van der Waals surface area (Å²) in [6.07, 6.45) is 2.27. The fourth-order valence-electron chi connectivity index (χ4n) is 1.60. The smallest absolute Gasteiger partial charge is 0.340 e. The number of anilines is 2. The molecule has 0 aromatic heterocycles. The summed E-state index contributed by atoms with van der Waals surface area (Å²) in [6, 6.07) is 5.35. The van der Waals surface area contributed by atoms with E-state index in [1.807, 2.05) is 6.07 Å². The van der Waals surface area contributed by atoms with Gasteiger partial charge in [-0.25, -0.2) is 4.79 Å². The Hall–Kier alpha value is -1.71. The monoisotopic (exact) mass is 220 g/mol. The molecule has 0 radical (unpaired) electrons. The molecule has 0 spiro atoms. The molecule has 1 aliphatic carbocycles. The van der Waals surface area contributed by atoms with Gasteiger partial charge in [0.25, 0.3) is 0 Å². The van der Waals surface area contributed by atoms with E-state index in [1.54, 1.807) is 12.1 Å². The lowest BCUT2D eigenvalue weighted by molar-refractivity contribution is 0.0602. The van der Waals surface area contributed by atoms with Crippen LogP contribution in [0.4, 0.5) is 11.4 Å². The molecule has 4 nitrogen and oxygen atoms in total. The van der Waals surface area contributed by atoms with Crippen LogP contribution in [-0.4, -0.2) is 18.6 Å². The summed E-state index contributed by atoms with van der Waals surface area (Å²) in [7, 11) is 1.35. The maximum atomic E-state index is 11.4. The third kappa shape index (κ3) is 1.96. The fourth-order valence-corrected chi connectivity index (χ4v) is 1.60. The Balaban J connectivity index is 2.29. The van der Waals surface area contributed by atoms with Gasteiger partial charge in [0.2, 0.25) is 0 Å². The molecule has 0 atom stereocenters. The van der Waals surface area contributed by atoms with Gasteiger partial charge in [-0.15, -0.1) is 0 Å². The first-order valence-electron chi connectivity index (χ1n) is 5.31. The highest BCUT2D eigenvalue weighted by Gasteiger charge is 2.37. The summed E-state index contributed by atoms with van der Waals surface area (Å²) in [6.45, 7) is 2.14. The molecule has 0 saturated heterocycles. The van der Waals surface area contributed by atoms with E-state index in [0.717, 1.165) is 18.5 Å². The summed E-state index contributed by atoms with van der Waals surface area (Å²) < 4.78 is 4.67. The number of methoxy groups -OCH3 is 1. The summed E-state index contributed by atoms with van der Waals surface area (Å²) in [5.41, 5.74) is 7.76. The Labute approximate surface area is 94.8 Å². The maximum absolute atomic E-state index is 11.4. The molecular formula is C12H16N2O2. The number of hydrogen-bond acceptors (Lipinski definition) is 4. The first kappa shape index (κ1) is 10.8. The van der Waals surface area contributed by atoms with E-state index in [1.165, 1.54) is 7.11 Å². The number of ether oxygens (including phenoxy) is 1. The van der Waals surface area contributed by atoms with Gasteiger partial charge < -0.3 is 15.8 Å². The molecule has 1 fully saturated rings. The molecule has 1 aromatic rings. The molecule has 0 bridgehead atoms. The lowest BCUT2D eigenvalue weighted by Gasteiger charge is -2.16. The highest BCUT2D eigenvalue weighted by molar-refractivity contribution is 5.98. The summed E-state index contributed by atoms with van der Waals surface area (Å²) in [4.78, 5) is 11.4. The Morgan fingerprint density at radius 3 is 2.75 bits per heavy atom. The molecule has 2 rings (SSSR count). The molecule has 4 heteroatoms. The molecule has 1 aromatic carbocycles. The quantitative estimate of drug-likeness (QED) is 0.604. The van der Waals surface area contributed by atoms with Crippen LogP contribution in [-0.2, 0) is 4.74 Å². The third-order valence-corrected chi connectivity index (χ3v) is 2.95. The molecule has 16 heavy (non-hydrogen) atoms. The van der Waals surface area contributed by atoms with Crippen molar-refractivity contribution >= 4 is 17.3 Å². The molecule has 0 aliphatic heterocycles. The molecule has 1 aliphatic rings. The van der Waals surface area contributed by atoms with Crippen LogP contribution in [0.25, 0.3) is 0 Å². The first-order chi connectivity index (χ1) is 7.56. The fraction of sp³-hybridized carbons (Fsp3) is 0.417. The van der Waals surface area contributed by atoms with Gasteiger partial charge in [-0.05, 0) is 31.9 Å². The van der Waals surface area contributed by atoms with Gasteiger partial charge in [-0.3, -0.25) is 0 Å². The van der Waals surface area contributed by atoms with Crippen LogP contribution in [0.2, 0.25) is 0 Å². The van der Waals surface area contributed by atoms with E-state index in [0.29, 0.717) is 11.3 Å². The molecule has 86 valence electrons. The third-order valence-electron chi connectivity index (χ3n) is 2.95. The predicted octanol–water partition coefficient (Wildman–Crippen LogP) is 2.02. The number of carbonyl (C=O) groups is 1. The maximum Gasteiger partial charge on any atom is 0.340 e. The van der Waals surface area contributed by atoms with Crippen molar-refractivity contribution in [3.8, 4) is 0 Å². The van der Waals surface area contributed by atoms with Gasteiger partial charge >= 0.3 is 5.97 Å². The minimum absolute atomic E-state index is 0.142. The lowest BCUT2D eigenvalue weighted by atomic mass is 10.1. The van der Waals surface area contributed by atoms with Crippen molar-refractivity contribution in [2.75, 3.05) is 18.2 Å². The van der Waals surface area contributed by atoms with Crippen molar-refractivity contribution in [3.63, 3.8) is 0 Å². The first-order valence-corrected chi connectivity index (χ1v) is 5.31. The van der Waals surface area contributed by atoms with E-state index in [4.69, 9.17) is 5.73 Å². The van der Waals surface area contributed by atoms with Crippen LogP contribution in [0.1, 0.15) is 30.1 Å². The highest BCUT2D eigenvalue weighted by Crippen LogP contribution is 2.39. The highest BCUT2D eigenvalue weighted by atomic mass is 16.5. The largest absolute Gasteiger partial charge is 0.465 e. The Kier molecular flexibility index (Phi) is 2.50. The second kappa shape index (κ2) is 3.70. The van der Waals surface area contributed by atoms with Crippen molar-refractivity contribution in [3.05, 3.63) is 23.8 Å². The van der Waals surface area contributed by atoms with Crippen LogP contribution in [0.3, 0.4) is 0 Å². The van der Waals surface area contributed by atoms with E-state index in [2.05, 4.69) is 17.0 Å². The summed E-state index contributed by atoms with van der Waals surface area (Å²) >= 11 is 0. The minimum Gasteiger partial charge on any atom is -0.465 e. The normalized spacial score (nSPS) is 16.6. The van der Waals surface area contributed by atoms with Gasteiger partial charge in [0.15, 0.2) is 0 Å². The second-order valence-corrected chi connectivity index (χ2v) is 4.44. The zero-order chi connectivity index (χ0) is 11.8. The zero-order valence-electron chi connectivity index (χ0n) is 9.54. The average Bonchev–Trinajstić information content (AvgIpc) is 2.98. The molecule has 0 unspecified atom stereocenters. The van der Waals surface area contributed by atoms with Gasteiger partial charge in [0.1, 0.15) is 0 Å². The number of esters is 1. The van der Waals surface area contributed by atoms with Crippen molar-refractivity contribution in [1.29, 1.82) is 0 Å². The van der Waals surface area contributed by atoms with Gasteiger partial charge in [-0.2, -0.15) is 0 Å². The topological polar surface area (TPSA) is 64.3 Å². The Morgan fingerprint density at radius 1 is 1.50 bits per heavy atom. The number of carbonyl (C=O) groups excluding carboxylic acids is 1. The number of rotatable bonds is 3. The molecule has 0 amide bonds. The molecule has 0 heterocycles. The summed E-state index contributed by atoms with van der Waals surface area (Å²) in [5, 5.41) is 3.35. The van der Waals surface area contributed by atoms with Crippen LogP contribution >= 0.6 is 0 Å². The number of nitrogens with two attached hydrogens (primary N) is 1. The van der Waals surface area contributed by atoms with Crippen molar-refractivity contribution < 1.29 is 9.53 Å². The van der Waals surface area contributed by atoms with E-state index in [9.17, 15) is 4.79 Å². The standard InChI is InChI=1S/C12H16N2O2/c1-12(6-7-12)14-9-5-3-4-8(10(9)13)11(15)16-2/h3-5,14H,6-7,13H2,1-2H3. The van der Waals surface area contributed by atoms with Crippen molar-refractivity contribution in [2.24, 2.45) is 0 Å². The predicted molar refractivity (Wildman–Crippen MR) is 63.5 cm³/mol. The van der Waals surface area contributed by atoms with Crippen LogP contribution < -0.4 is 11.1 Å². The van der Waals surface area contributed by atoms with E-state index < -0.39 is 5.97 Å². The van der Waals surface area contributed by atoms with E-state index in [-0.39, 0.29) is 5.54 Å². The van der Waals surface area contributed by atoms with Crippen molar-refractivity contribution in [1.82, 2.24) is 0 Å². The van der Waals surface area contributed by atoms with Crippen LogP contribution in [0.5, 0.6) is 0 Å². The number of hydrogen-bond donors (Lipinski definition) is 2. The van der Waals surface area contributed by atoms with Gasteiger partial charge in [0.05, 0.1) is 24.0 Å². The number of para-hydroxylation sites is 1. The Bertz CT molecular complexity index is 425. The Morgan fingerprint density at radius 2 is 2.19 bits per heavy atom. The number of nitrogen functional groups attached to an aromatic ring is 1. The minimum atomic E-state index is -0.401. The zero-order valence-corrected chi connectivity index (χ0v) is 9.54. The van der Waals surface area contributed by atoms with Crippen LogP contribution in [0, 0.1) is 0 Å². The molecular weight excluding hydrogens is 204 g/mol. The average molecular weight is 220 g/mol. The number of nitrogens with one attached hydrogen (secondary N) is 1. The SMILES string of the molecule is COC(=O)c1cccc(NC2(C)CC2)c1N.